The quantitative estimate of drug-likeness (QED) is 0.777. The minimum absolute atomic E-state index is 0.224. The molecule has 3 unspecified atom stereocenters. The molecule has 2 saturated carbocycles. The van der Waals surface area contributed by atoms with E-state index in [2.05, 4.69) is 5.32 Å². The lowest BCUT2D eigenvalue weighted by Crippen LogP contribution is -2.55. The van der Waals surface area contributed by atoms with Crippen molar-refractivity contribution in [3.63, 3.8) is 0 Å². The number of carbonyl (C=O) groups excluding carboxylic acids is 1. The van der Waals surface area contributed by atoms with E-state index in [0.717, 1.165) is 25.0 Å². The molecule has 4 nitrogen and oxygen atoms in total. The number of nitrogens with two attached hydrogens (primary N) is 1. The van der Waals surface area contributed by atoms with Crippen LogP contribution in [-0.2, 0) is 11.0 Å². The molecule has 1 aromatic rings. The number of piperidine rings is 1. The lowest BCUT2D eigenvalue weighted by atomic mass is 9.64. The number of hydrogen-bond donors (Lipinski definition) is 3. The van der Waals surface area contributed by atoms with Crippen molar-refractivity contribution < 1.29 is 23.1 Å². The number of aliphatic hydroxyl groups is 1. The number of benzene rings is 1. The summed E-state index contributed by atoms with van der Waals surface area (Å²) in [4.78, 5) is 11.5. The number of hydrogen-bond acceptors (Lipinski definition) is 3. The van der Waals surface area contributed by atoms with Crippen LogP contribution in [0, 0.1) is 5.92 Å². The van der Waals surface area contributed by atoms with Crippen LogP contribution < -0.4 is 11.1 Å². The highest BCUT2D eigenvalue weighted by atomic mass is 19.4. The van der Waals surface area contributed by atoms with Gasteiger partial charge in [-0.15, -0.1) is 0 Å². The molecule has 1 heterocycles. The second-order valence-electron chi connectivity index (χ2n) is 7.79. The average molecular weight is 354 g/mol. The molecule has 7 heteroatoms. The molecule has 1 aromatic carbocycles. The Kier molecular flexibility index (Phi) is 3.51. The van der Waals surface area contributed by atoms with E-state index in [9.17, 15) is 23.1 Å². The van der Waals surface area contributed by atoms with Crippen LogP contribution in [0.1, 0.15) is 49.1 Å². The molecule has 4 atom stereocenters. The molecular weight excluding hydrogens is 333 g/mol. The van der Waals surface area contributed by atoms with Gasteiger partial charge in [0.1, 0.15) is 0 Å². The van der Waals surface area contributed by atoms with Gasteiger partial charge in [0.05, 0.1) is 17.2 Å². The number of alkyl halides is 3. The van der Waals surface area contributed by atoms with E-state index < -0.39 is 34.8 Å². The third-order valence-electron chi connectivity index (χ3n) is 6.30. The van der Waals surface area contributed by atoms with E-state index in [1.807, 2.05) is 0 Å². The van der Waals surface area contributed by atoms with Crippen molar-refractivity contribution in [1.82, 2.24) is 5.32 Å². The Balaban J connectivity index is 1.68. The number of carbonyl (C=O) groups is 1. The van der Waals surface area contributed by atoms with Gasteiger partial charge in [0.15, 0.2) is 0 Å². The first-order valence-corrected chi connectivity index (χ1v) is 8.62. The van der Waals surface area contributed by atoms with Crippen molar-refractivity contribution in [1.29, 1.82) is 0 Å². The van der Waals surface area contributed by atoms with E-state index in [-0.39, 0.29) is 11.8 Å². The molecule has 3 aliphatic rings. The summed E-state index contributed by atoms with van der Waals surface area (Å²) >= 11 is 0. The molecule has 0 spiro atoms. The van der Waals surface area contributed by atoms with Crippen LogP contribution in [0.25, 0.3) is 0 Å². The molecule has 3 fully saturated rings. The van der Waals surface area contributed by atoms with Crippen LogP contribution in [0.15, 0.2) is 24.3 Å². The smallest absolute Gasteiger partial charge is 0.389 e. The molecule has 1 aliphatic heterocycles. The van der Waals surface area contributed by atoms with E-state index in [1.165, 1.54) is 12.1 Å². The Labute approximate surface area is 143 Å². The topological polar surface area (TPSA) is 75.4 Å². The summed E-state index contributed by atoms with van der Waals surface area (Å²) in [5.41, 5.74) is 4.03. The summed E-state index contributed by atoms with van der Waals surface area (Å²) in [6, 6.07) is 4.64. The molecule has 4 N–H and O–H groups in total. The van der Waals surface area contributed by atoms with E-state index in [1.54, 1.807) is 0 Å². The molecule has 1 amide bonds. The van der Waals surface area contributed by atoms with Gasteiger partial charge in [-0.05, 0) is 55.7 Å². The number of amides is 1. The Morgan fingerprint density at radius 1 is 1.28 bits per heavy atom. The summed E-state index contributed by atoms with van der Waals surface area (Å²) in [6.07, 6.45) is -0.808. The second-order valence-corrected chi connectivity index (χ2v) is 7.79. The molecule has 25 heavy (non-hydrogen) atoms. The highest BCUT2D eigenvalue weighted by Crippen LogP contribution is 2.64. The first-order valence-electron chi connectivity index (χ1n) is 8.62. The Bertz CT molecular complexity index is 699. The van der Waals surface area contributed by atoms with E-state index in [0.29, 0.717) is 24.8 Å². The van der Waals surface area contributed by atoms with E-state index in [4.69, 9.17) is 5.73 Å². The molecule has 2 aliphatic carbocycles. The van der Waals surface area contributed by atoms with Crippen LogP contribution in [-0.4, -0.2) is 28.2 Å². The second kappa shape index (κ2) is 5.20. The fraction of sp³-hybridized carbons (Fsp3) is 0.611. The van der Waals surface area contributed by atoms with Crippen molar-refractivity contribution >= 4 is 5.91 Å². The van der Waals surface area contributed by atoms with Crippen molar-refractivity contribution in [2.45, 2.75) is 61.4 Å². The predicted octanol–water partition coefficient (Wildman–Crippen LogP) is 2.31. The van der Waals surface area contributed by atoms with Gasteiger partial charge in [-0.3, -0.25) is 10.1 Å². The predicted molar refractivity (Wildman–Crippen MR) is 84.6 cm³/mol. The minimum atomic E-state index is -4.38. The van der Waals surface area contributed by atoms with Crippen molar-refractivity contribution in [3.8, 4) is 0 Å². The van der Waals surface area contributed by atoms with Gasteiger partial charge in [0, 0.05) is 11.5 Å². The fourth-order valence-corrected chi connectivity index (χ4v) is 4.89. The number of primary amides is 1. The van der Waals surface area contributed by atoms with Crippen LogP contribution in [0.5, 0.6) is 0 Å². The van der Waals surface area contributed by atoms with Crippen LogP contribution >= 0.6 is 0 Å². The zero-order chi connectivity index (χ0) is 18.0. The normalized spacial score (nSPS) is 34.1. The van der Waals surface area contributed by atoms with E-state index >= 15 is 0 Å². The maximum Gasteiger partial charge on any atom is 0.416 e. The maximum absolute atomic E-state index is 12.8. The third-order valence-corrected chi connectivity index (χ3v) is 6.30. The lowest BCUT2D eigenvalue weighted by molar-refractivity contribution is -0.137. The Morgan fingerprint density at radius 2 is 1.92 bits per heavy atom. The molecule has 0 aromatic heterocycles. The van der Waals surface area contributed by atoms with Gasteiger partial charge < -0.3 is 10.8 Å². The number of nitrogens with one attached hydrogen (secondary N) is 1. The number of rotatable bonds is 4. The molecule has 0 bridgehead atoms. The molecule has 136 valence electrons. The summed E-state index contributed by atoms with van der Waals surface area (Å²) in [5.74, 6) is -0.523. The van der Waals surface area contributed by atoms with Crippen molar-refractivity contribution in [2.75, 3.05) is 0 Å². The first kappa shape index (κ1) is 16.8. The Morgan fingerprint density at radius 3 is 2.36 bits per heavy atom. The molecule has 0 radical (unpaired) electrons. The summed E-state index contributed by atoms with van der Waals surface area (Å²) < 4.78 is 38.5. The molecule has 4 rings (SSSR count). The zero-order valence-corrected chi connectivity index (χ0v) is 13.6. The summed E-state index contributed by atoms with van der Waals surface area (Å²) in [6.45, 7) is 0. The van der Waals surface area contributed by atoms with Gasteiger partial charge in [0.2, 0.25) is 5.91 Å². The van der Waals surface area contributed by atoms with Crippen LogP contribution in [0.4, 0.5) is 13.2 Å². The average Bonchev–Trinajstić information content (AvgIpc) is 3.06. The standard InChI is InChI=1S/C18H21F3N2O2/c19-18(20,21)11-4-2-10(3-5-11)14(16(25)6-1-7-16)17-9-12(17)8-13(23-17)15(22)24/h2-5,12-14,23,25H,1,6-9H2,(H2,22,24)/t12?,13?,14-,17?/m1/s1. The van der Waals surface area contributed by atoms with Crippen molar-refractivity contribution in [2.24, 2.45) is 11.7 Å². The summed E-state index contributed by atoms with van der Waals surface area (Å²) in [7, 11) is 0. The highest BCUT2D eigenvalue weighted by molar-refractivity contribution is 5.81. The molecule has 1 saturated heterocycles. The summed E-state index contributed by atoms with van der Waals surface area (Å²) in [5, 5.41) is 14.4. The van der Waals surface area contributed by atoms with Crippen molar-refractivity contribution in [3.05, 3.63) is 35.4 Å². The van der Waals surface area contributed by atoms with Crippen LogP contribution in [0.2, 0.25) is 0 Å². The van der Waals surface area contributed by atoms with Gasteiger partial charge in [-0.1, -0.05) is 12.1 Å². The van der Waals surface area contributed by atoms with Gasteiger partial charge in [-0.25, -0.2) is 0 Å². The van der Waals surface area contributed by atoms with Gasteiger partial charge in [-0.2, -0.15) is 13.2 Å². The molecular formula is C18H21F3N2O2. The lowest BCUT2D eigenvalue weighted by Gasteiger charge is -2.47. The number of halogens is 3. The highest BCUT2D eigenvalue weighted by Gasteiger charge is 2.69. The fourth-order valence-electron chi connectivity index (χ4n) is 4.89. The maximum atomic E-state index is 12.8. The zero-order valence-electron chi connectivity index (χ0n) is 13.6. The number of fused-ring (bicyclic) bond motifs is 1. The monoisotopic (exact) mass is 354 g/mol. The van der Waals surface area contributed by atoms with Gasteiger partial charge in [0.25, 0.3) is 0 Å². The SMILES string of the molecule is NC(=O)C1CC2CC2([C@H](c2ccc(C(F)(F)F)cc2)C2(O)CCC2)N1. The van der Waals surface area contributed by atoms with Gasteiger partial charge >= 0.3 is 6.18 Å². The largest absolute Gasteiger partial charge is 0.416 e. The Hall–Kier alpha value is -1.60. The first-order chi connectivity index (χ1) is 11.7. The third kappa shape index (κ3) is 2.56. The minimum Gasteiger partial charge on any atom is -0.389 e. The van der Waals surface area contributed by atoms with Crippen LogP contribution in [0.3, 0.4) is 0 Å².